The normalized spacial score (nSPS) is 12.8. The lowest BCUT2D eigenvalue weighted by molar-refractivity contribution is 0.603. The van der Waals surface area contributed by atoms with Crippen LogP contribution in [0.15, 0.2) is 20.0 Å². The Kier molecular flexibility index (Phi) is 12.6. The third-order valence-corrected chi connectivity index (χ3v) is 6.94. The molecule has 40 heavy (non-hydrogen) atoms. The fourth-order valence-electron chi connectivity index (χ4n) is 4.86. The molecule has 1 aromatic carbocycles. The largest absolute Gasteiger partial charge is 0.349 e. The highest BCUT2D eigenvalue weighted by Gasteiger charge is 2.35. The lowest BCUT2D eigenvalue weighted by atomic mass is 10.1. The van der Waals surface area contributed by atoms with E-state index in [-0.39, 0.29) is 0 Å². The van der Waals surface area contributed by atoms with Crippen molar-refractivity contribution in [3.8, 4) is 0 Å². The molecule has 0 atom stereocenters. The minimum Gasteiger partial charge on any atom is -0.349 e. The maximum Gasteiger partial charge on any atom is 0.200 e. The first kappa shape index (κ1) is 34.9. The fraction of sp³-hybridized carbons (Fsp3) is 0.615. The highest BCUT2D eigenvalue weighted by molar-refractivity contribution is 6.45. The number of hydrogen-bond donors (Lipinski definition) is 0. The van der Waals surface area contributed by atoms with Gasteiger partial charge in [-0.2, -0.15) is 0 Å². The first-order valence-corrected chi connectivity index (χ1v) is 13.4. The first-order chi connectivity index (χ1) is 18.5. The summed E-state index contributed by atoms with van der Waals surface area (Å²) >= 11 is 15.0. The number of hydrogen-bond acceptors (Lipinski definition) is 4. The summed E-state index contributed by atoms with van der Waals surface area (Å²) in [4.78, 5) is 33.6. The molecule has 0 saturated carbocycles. The summed E-state index contributed by atoms with van der Waals surface area (Å²) in [5, 5.41) is 0.903. The van der Waals surface area contributed by atoms with E-state index < -0.39 is 0 Å². The van der Waals surface area contributed by atoms with Gasteiger partial charge >= 0.3 is 0 Å². The van der Waals surface area contributed by atoms with Crippen molar-refractivity contribution in [3.05, 3.63) is 10.0 Å². The predicted molar refractivity (Wildman–Crippen MR) is 178 cm³/mol. The van der Waals surface area contributed by atoms with Gasteiger partial charge in [0.05, 0.1) is 32.8 Å². The number of anilines is 4. The van der Waals surface area contributed by atoms with Gasteiger partial charge in [-0.3, -0.25) is 20.0 Å². The summed E-state index contributed by atoms with van der Waals surface area (Å²) in [6, 6.07) is 0. The van der Waals surface area contributed by atoms with Crippen LogP contribution >= 0.6 is 23.2 Å². The molecule has 12 nitrogen and oxygen atoms in total. The summed E-state index contributed by atoms with van der Waals surface area (Å²) in [6.07, 6.45) is 0. The Morgan fingerprint density at radius 3 is 0.625 bits per heavy atom. The van der Waals surface area contributed by atoms with Gasteiger partial charge in [-0.1, -0.05) is 23.2 Å². The van der Waals surface area contributed by atoms with Crippen molar-refractivity contribution >= 4 is 69.8 Å². The number of halogens is 2. The Bertz CT molecular complexity index is 981. The molecule has 0 saturated heterocycles. The minimum absolute atomic E-state index is 0.451. The van der Waals surface area contributed by atoms with E-state index in [9.17, 15) is 0 Å². The van der Waals surface area contributed by atoms with Crippen molar-refractivity contribution in [2.75, 3.05) is 132 Å². The molecule has 0 fully saturated rings. The minimum atomic E-state index is 0.451. The zero-order chi connectivity index (χ0) is 31.2. The SMILES string of the molecule is CN=C(N(C)C)N(C)c1c(Cl)c(N(C)C(=NC)N(C)C)c(N(C)C(=NC)N(C)C)c(Cl)c1N(C)C(=NC)N(C)C. The lowest BCUT2D eigenvalue weighted by Crippen LogP contribution is -2.44. The summed E-state index contributed by atoms with van der Waals surface area (Å²) in [5.74, 6) is 2.73. The molecule has 0 amide bonds. The molecule has 14 heteroatoms. The van der Waals surface area contributed by atoms with Crippen LogP contribution in [-0.4, -0.2) is 156 Å². The molecule has 0 heterocycles. The van der Waals surface area contributed by atoms with Crippen LogP contribution in [0.3, 0.4) is 0 Å². The highest BCUT2D eigenvalue weighted by atomic mass is 35.5. The summed E-state index contributed by atoms with van der Waals surface area (Å²) in [5.41, 5.74) is 2.61. The molecular weight excluding hydrogens is 551 g/mol. The molecule has 0 aromatic heterocycles. The van der Waals surface area contributed by atoms with Crippen LogP contribution in [0.1, 0.15) is 0 Å². The molecule has 0 spiro atoms. The molecular formula is C26H48Cl2N12. The van der Waals surface area contributed by atoms with Crippen molar-refractivity contribution in [1.29, 1.82) is 0 Å². The Balaban J connectivity index is 4.57. The quantitative estimate of drug-likeness (QED) is 0.387. The van der Waals surface area contributed by atoms with Crippen molar-refractivity contribution in [1.82, 2.24) is 19.6 Å². The summed E-state index contributed by atoms with van der Waals surface area (Å²) in [6.45, 7) is 0. The van der Waals surface area contributed by atoms with Gasteiger partial charge in [0.2, 0.25) is 0 Å². The first-order valence-electron chi connectivity index (χ1n) is 12.6. The van der Waals surface area contributed by atoms with E-state index in [0.717, 1.165) is 0 Å². The topological polar surface area (TPSA) is 75.4 Å². The van der Waals surface area contributed by atoms with Gasteiger partial charge < -0.3 is 39.2 Å². The molecule has 226 valence electrons. The standard InChI is InChI=1S/C26H48Cl2N12/c1-29-23(33(5)6)37(13)19-17(27)21(39(15)25(31-3)35(9)10)22(40(16)26(32-4)36(11)12)18(28)20(19)38(14)24(30-2)34(7)8/h1-16H3. The molecule has 0 unspecified atom stereocenters. The third-order valence-electron chi connectivity index (χ3n) is 6.22. The summed E-state index contributed by atoms with van der Waals surface area (Å²) in [7, 11) is 30.1. The molecule has 0 aliphatic rings. The Hall–Kier alpha value is -3.12. The molecule has 0 N–H and O–H groups in total. The van der Waals surface area contributed by atoms with Gasteiger partial charge in [0.1, 0.15) is 0 Å². The van der Waals surface area contributed by atoms with Gasteiger partial charge in [0, 0.05) is 113 Å². The van der Waals surface area contributed by atoms with Gasteiger partial charge in [-0.05, 0) is 0 Å². The molecule has 1 aromatic rings. The monoisotopic (exact) mass is 598 g/mol. The smallest absolute Gasteiger partial charge is 0.200 e. The lowest BCUT2D eigenvalue weighted by Gasteiger charge is -2.39. The van der Waals surface area contributed by atoms with Crippen LogP contribution in [0.4, 0.5) is 22.7 Å². The molecule has 0 bridgehead atoms. The highest BCUT2D eigenvalue weighted by Crippen LogP contribution is 2.54. The fourth-order valence-corrected chi connectivity index (χ4v) is 5.73. The van der Waals surface area contributed by atoms with Crippen LogP contribution in [0, 0.1) is 0 Å². The van der Waals surface area contributed by atoms with E-state index in [2.05, 4.69) is 20.0 Å². The Morgan fingerprint density at radius 2 is 0.525 bits per heavy atom. The number of guanidine groups is 4. The molecule has 0 aliphatic carbocycles. The maximum atomic E-state index is 7.49. The van der Waals surface area contributed by atoms with Gasteiger partial charge in [-0.25, -0.2) is 0 Å². The van der Waals surface area contributed by atoms with Crippen molar-refractivity contribution in [2.24, 2.45) is 20.0 Å². The molecule has 0 radical (unpaired) electrons. The van der Waals surface area contributed by atoms with Crippen LogP contribution in [0.2, 0.25) is 10.0 Å². The maximum absolute atomic E-state index is 7.49. The molecule has 1 rings (SSSR count). The average molecular weight is 600 g/mol. The number of aliphatic imine (C=N–C) groups is 4. The number of benzene rings is 1. The zero-order valence-electron chi connectivity index (χ0n) is 27.1. The van der Waals surface area contributed by atoms with Crippen molar-refractivity contribution in [2.45, 2.75) is 0 Å². The second-order valence-electron chi connectivity index (χ2n) is 9.93. The summed E-state index contributed by atoms with van der Waals surface area (Å²) < 4.78 is 0. The van der Waals surface area contributed by atoms with Crippen molar-refractivity contribution < 1.29 is 0 Å². The Morgan fingerprint density at radius 1 is 0.375 bits per heavy atom. The van der Waals surface area contributed by atoms with Crippen molar-refractivity contribution in [3.63, 3.8) is 0 Å². The van der Waals surface area contributed by atoms with E-state index in [1.807, 2.05) is 124 Å². The zero-order valence-corrected chi connectivity index (χ0v) is 28.6. The number of rotatable bonds is 4. The van der Waals surface area contributed by atoms with Crippen LogP contribution in [0.25, 0.3) is 0 Å². The Labute approximate surface area is 251 Å². The second kappa shape index (κ2) is 14.5. The third kappa shape index (κ3) is 6.77. The van der Waals surface area contributed by atoms with Gasteiger partial charge in [-0.15, -0.1) is 0 Å². The molecule has 0 aliphatic heterocycles. The second-order valence-corrected chi connectivity index (χ2v) is 10.7. The van der Waals surface area contributed by atoms with E-state index in [1.165, 1.54) is 0 Å². The van der Waals surface area contributed by atoms with Gasteiger partial charge in [0.15, 0.2) is 23.8 Å². The predicted octanol–water partition coefficient (Wildman–Crippen LogP) is 2.93. The van der Waals surface area contributed by atoms with E-state index >= 15 is 0 Å². The van der Waals surface area contributed by atoms with Crippen LogP contribution < -0.4 is 19.6 Å². The van der Waals surface area contributed by atoms with E-state index in [0.29, 0.717) is 56.6 Å². The van der Waals surface area contributed by atoms with E-state index in [1.54, 1.807) is 28.2 Å². The average Bonchev–Trinajstić information content (AvgIpc) is 2.84. The van der Waals surface area contributed by atoms with E-state index in [4.69, 9.17) is 23.2 Å². The number of nitrogens with zero attached hydrogens (tertiary/aromatic N) is 12. The van der Waals surface area contributed by atoms with Crippen LogP contribution in [-0.2, 0) is 0 Å². The van der Waals surface area contributed by atoms with Crippen LogP contribution in [0.5, 0.6) is 0 Å². The van der Waals surface area contributed by atoms with Gasteiger partial charge in [0.25, 0.3) is 0 Å².